The number of piperazine rings is 1. The lowest BCUT2D eigenvalue weighted by Gasteiger charge is -2.49. The van der Waals surface area contributed by atoms with Crippen molar-refractivity contribution in [2.45, 2.75) is 38.4 Å². The lowest BCUT2D eigenvalue weighted by molar-refractivity contribution is -0.162. The molecule has 0 saturated carbocycles. The molecule has 1 atom stereocenters. The second kappa shape index (κ2) is 5.78. The third-order valence-electron chi connectivity index (χ3n) is 4.71. The fourth-order valence-corrected chi connectivity index (χ4v) is 3.17. The Labute approximate surface area is 142 Å². The molecule has 4 heteroatoms. The molecule has 1 N–H and O–H groups in total. The third-order valence-corrected chi connectivity index (χ3v) is 4.71. The minimum absolute atomic E-state index is 0.0858. The molecule has 24 heavy (non-hydrogen) atoms. The molecule has 4 nitrogen and oxygen atoms in total. The van der Waals surface area contributed by atoms with E-state index in [2.05, 4.69) is 5.32 Å². The van der Waals surface area contributed by atoms with Gasteiger partial charge in [0.05, 0.1) is 0 Å². The highest BCUT2D eigenvalue weighted by Crippen LogP contribution is 2.36. The van der Waals surface area contributed by atoms with Crippen LogP contribution in [0.5, 0.6) is 0 Å². The molecule has 0 aliphatic carbocycles. The fourth-order valence-electron chi connectivity index (χ4n) is 3.17. The van der Waals surface area contributed by atoms with E-state index in [0.717, 1.165) is 11.1 Å². The summed E-state index contributed by atoms with van der Waals surface area (Å²) in [6, 6.07) is 19.2. The standard InChI is InChI=1S/C20H22N2O2/c1-19(2)18(24)22(14-15-10-6-4-7-11-15)20(3,17(23)21-19)16-12-8-5-9-13-16/h4-13H,14H2,1-3H3,(H,21,23). The van der Waals surface area contributed by atoms with Crippen LogP contribution in [-0.2, 0) is 21.7 Å². The van der Waals surface area contributed by atoms with Gasteiger partial charge >= 0.3 is 0 Å². The molecule has 1 aliphatic heterocycles. The van der Waals surface area contributed by atoms with Crippen molar-refractivity contribution in [1.29, 1.82) is 0 Å². The van der Waals surface area contributed by atoms with E-state index < -0.39 is 11.1 Å². The lowest BCUT2D eigenvalue weighted by Crippen LogP contribution is -2.71. The van der Waals surface area contributed by atoms with Crippen molar-refractivity contribution in [2.24, 2.45) is 0 Å². The van der Waals surface area contributed by atoms with Crippen LogP contribution in [0.15, 0.2) is 60.7 Å². The second-order valence-electron chi connectivity index (χ2n) is 6.89. The number of nitrogens with zero attached hydrogens (tertiary/aromatic N) is 1. The van der Waals surface area contributed by atoms with Crippen molar-refractivity contribution >= 4 is 11.8 Å². The fraction of sp³-hybridized carbons (Fsp3) is 0.300. The zero-order valence-corrected chi connectivity index (χ0v) is 14.2. The van der Waals surface area contributed by atoms with Crippen molar-refractivity contribution in [3.8, 4) is 0 Å². The summed E-state index contributed by atoms with van der Waals surface area (Å²) in [7, 11) is 0. The maximum atomic E-state index is 13.1. The summed E-state index contributed by atoms with van der Waals surface area (Å²) in [5.74, 6) is -0.244. The van der Waals surface area contributed by atoms with Gasteiger partial charge in [-0.2, -0.15) is 0 Å². The van der Waals surface area contributed by atoms with E-state index in [1.807, 2.05) is 67.6 Å². The normalized spacial score (nSPS) is 23.0. The summed E-state index contributed by atoms with van der Waals surface area (Å²) in [5, 5.41) is 2.88. The Morgan fingerprint density at radius 3 is 2.00 bits per heavy atom. The van der Waals surface area contributed by atoms with Gasteiger partial charge in [0.15, 0.2) is 0 Å². The monoisotopic (exact) mass is 322 g/mol. The molecule has 0 spiro atoms. The van der Waals surface area contributed by atoms with Crippen LogP contribution in [0.25, 0.3) is 0 Å². The molecule has 0 bridgehead atoms. The van der Waals surface area contributed by atoms with Crippen molar-refractivity contribution in [3.63, 3.8) is 0 Å². The first-order valence-electron chi connectivity index (χ1n) is 8.10. The quantitative estimate of drug-likeness (QED) is 0.944. The van der Waals surface area contributed by atoms with Crippen LogP contribution in [0.4, 0.5) is 0 Å². The number of hydrogen-bond donors (Lipinski definition) is 1. The van der Waals surface area contributed by atoms with Crippen molar-refractivity contribution in [3.05, 3.63) is 71.8 Å². The van der Waals surface area contributed by atoms with E-state index in [1.54, 1.807) is 18.7 Å². The van der Waals surface area contributed by atoms with Crippen LogP contribution in [-0.4, -0.2) is 22.3 Å². The summed E-state index contributed by atoms with van der Waals surface area (Å²) < 4.78 is 0. The smallest absolute Gasteiger partial charge is 0.251 e. The van der Waals surface area contributed by atoms with Gasteiger partial charge in [-0.05, 0) is 31.9 Å². The molecule has 1 unspecified atom stereocenters. The highest BCUT2D eigenvalue weighted by Gasteiger charge is 2.53. The van der Waals surface area contributed by atoms with Crippen LogP contribution in [0, 0.1) is 0 Å². The van der Waals surface area contributed by atoms with Crippen molar-refractivity contribution < 1.29 is 9.59 Å². The van der Waals surface area contributed by atoms with E-state index in [-0.39, 0.29) is 11.8 Å². The molecule has 0 radical (unpaired) electrons. The molecule has 2 aromatic carbocycles. The van der Waals surface area contributed by atoms with Crippen molar-refractivity contribution in [2.75, 3.05) is 0 Å². The summed E-state index contributed by atoms with van der Waals surface area (Å²) in [5.41, 5.74) is -0.148. The molecule has 1 fully saturated rings. The van der Waals surface area contributed by atoms with Gasteiger partial charge in [0.1, 0.15) is 11.1 Å². The first-order valence-corrected chi connectivity index (χ1v) is 8.10. The van der Waals surface area contributed by atoms with E-state index in [0.29, 0.717) is 6.54 Å². The van der Waals surface area contributed by atoms with E-state index >= 15 is 0 Å². The summed E-state index contributed by atoms with van der Waals surface area (Å²) >= 11 is 0. The molecule has 0 aromatic heterocycles. The Balaban J connectivity index is 2.10. The van der Waals surface area contributed by atoms with Crippen LogP contribution in [0.2, 0.25) is 0 Å². The Bertz CT molecular complexity index is 756. The largest absolute Gasteiger partial charge is 0.340 e. The average molecular weight is 322 g/mol. The zero-order valence-electron chi connectivity index (χ0n) is 14.2. The number of hydrogen-bond acceptors (Lipinski definition) is 2. The summed E-state index contributed by atoms with van der Waals surface area (Å²) in [6.45, 7) is 5.70. The molecular formula is C20H22N2O2. The van der Waals surface area contributed by atoms with Gasteiger partial charge in [0.25, 0.3) is 5.91 Å². The average Bonchev–Trinajstić information content (AvgIpc) is 2.58. The molecule has 124 valence electrons. The summed E-state index contributed by atoms with van der Waals surface area (Å²) in [6.07, 6.45) is 0. The molecular weight excluding hydrogens is 300 g/mol. The topological polar surface area (TPSA) is 49.4 Å². The van der Waals surface area contributed by atoms with E-state index in [4.69, 9.17) is 0 Å². The lowest BCUT2D eigenvalue weighted by atomic mass is 9.82. The van der Waals surface area contributed by atoms with Gasteiger partial charge in [-0.3, -0.25) is 9.59 Å². The van der Waals surface area contributed by atoms with E-state index in [9.17, 15) is 9.59 Å². The number of carbonyl (C=O) groups is 2. The third kappa shape index (κ3) is 2.58. The van der Waals surface area contributed by atoms with Crippen LogP contribution >= 0.6 is 0 Å². The number of nitrogens with one attached hydrogen (secondary N) is 1. The van der Waals surface area contributed by atoms with Crippen LogP contribution in [0.1, 0.15) is 31.9 Å². The number of benzene rings is 2. The minimum atomic E-state index is -1.04. The predicted octanol–water partition coefficient (Wildman–Crippen LogP) is 2.84. The molecule has 1 saturated heterocycles. The van der Waals surface area contributed by atoms with Gasteiger partial charge in [0.2, 0.25) is 5.91 Å². The maximum absolute atomic E-state index is 13.1. The van der Waals surface area contributed by atoms with E-state index in [1.165, 1.54) is 0 Å². The van der Waals surface area contributed by atoms with Gasteiger partial charge in [-0.15, -0.1) is 0 Å². The van der Waals surface area contributed by atoms with Gasteiger partial charge in [-0.25, -0.2) is 0 Å². The molecule has 2 amide bonds. The molecule has 1 aliphatic rings. The van der Waals surface area contributed by atoms with Crippen molar-refractivity contribution in [1.82, 2.24) is 10.2 Å². The maximum Gasteiger partial charge on any atom is 0.251 e. The Morgan fingerprint density at radius 2 is 1.42 bits per heavy atom. The SMILES string of the molecule is CC1(C)NC(=O)C(C)(c2ccccc2)N(Cc2ccccc2)C1=O. The van der Waals surface area contributed by atoms with Crippen LogP contribution < -0.4 is 5.32 Å². The number of rotatable bonds is 3. The Hall–Kier alpha value is -2.62. The first kappa shape index (κ1) is 16.2. The van der Waals surface area contributed by atoms with Gasteiger partial charge < -0.3 is 10.2 Å². The Morgan fingerprint density at radius 1 is 0.875 bits per heavy atom. The first-order chi connectivity index (χ1) is 11.4. The highest BCUT2D eigenvalue weighted by molar-refractivity contribution is 6.02. The van der Waals surface area contributed by atoms with Gasteiger partial charge in [-0.1, -0.05) is 60.7 Å². The zero-order chi connectivity index (χ0) is 17.4. The number of amides is 2. The molecule has 1 heterocycles. The predicted molar refractivity (Wildman–Crippen MR) is 93.0 cm³/mol. The molecule has 3 rings (SSSR count). The highest BCUT2D eigenvalue weighted by atomic mass is 16.2. The van der Waals surface area contributed by atoms with Gasteiger partial charge in [0, 0.05) is 6.54 Å². The van der Waals surface area contributed by atoms with Crippen LogP contribution in [0.3, 0.4) is 0 Å². The summed E-state index contributed by atoms with van der Waals surface area (Å²) in [4.78, 5) is 27.8. The molecule has 2 aromatic rings. The minimum Gasteiger partial charge on any atom is -0.340 e. The second-order valence-corrected chi connectivity index (χ2v) is 6.89. The number of carbonyl (C=O) groups excluding carboxylic acids is 2. The Kier molecular flexibility index (Phi) is 3.91.